The summed E-state index contributed by atoms with van der Waals surface area (Å²) in [5, 5.41) is 19.1. The number of hydrogen-bond acceptors (Lipinski definition) is 7. The van der Waals surface area contributed by atoms with Gasteiger partial charge in [-0.05, 0) is 35.9 Å². The van der Waals surface area contributed by atoms with E-state index < -0.39 is 4.92 Å². The van der Waals surface area contributed by atoms with Gasteiger partial charge in [-0.25, -0.2) is 0 Å². The zero-order valence-corrected chi connectivity index (χ0v) is 14.4. The number of furan rings is 1. The van der Waals surface area contributed by atoms with Crippen molar-refractivity contribution in [1.29, 1.82) is 0 Å². The number of ketones is 1. The number of carbonyl (C=O) groups excluding carboxylic acids is 1. The highest BCUT2D eigenvalue weighted by Crippen LogP contribution is 2.25. The first-order chi connectivity index (χ1) is 13.6. The largest absolute Gasteiger partial charge is 0.459 e. The third-order valence-electron chi connectivity index (χ3n) is 4.10. The lowest BCUT2D eigenvalue weighted by atomic mass is 10.0. The second kappa shape index (κ2) is 7.28. The van der Waals surface area contributed by atoms with Gasteiger partial charge in [0.2, 0.25) is 5.89 Å². The molecule has 2 aromatic carbocycles. The van der Waals surface area contributed by atoms with Crippen molar-refractivity contribution in [1.82, 2.24) is 10.2 Å². The van der Waals surface area contributed by atoms with E-state index in [9.17, 15) is 14.9 Å². The molecule has 0 saturated heterocycles. The number of rotatable bonds is 6. The van der Waals surface area contributed by atoms with E-state index in [0.717, 1.165) is 0 Å². The molecule has 0 aliphatic heterocycles. The van der Waals surface area contributed by atoms with Crippen LogP contribution in [0.1, 0.15) is 15.9 Å². The minimum Gasteiger partial charge on any atom is -0.459 e. The van der Waals surface area contributed by atoms with Gasteiger partial charge in [0.25, 0.3) is 11.6 Å². The third kappa shape index (κ3) is 3.43. The molecule has 0 atom stereocenters. The third-order valence-corrected chi connectivity index (χ3v) is 4.10. The van der Waals surface area contributed by atoms with Crippen molar-refractivity contribution in [2.24, 2.45) is 0 Å². The topological polar surface area (TPSA) is 112 Å². The van der Waals surface area contributed by atoms with Crippen LogP contribution in [-0.4, -0.2) is 20.9 Å². The highest BCUT2D eigenvalue weighted by atomic mass is 16.6. The SMILES string of the molecule is O=C(Cc1cccc(-c2nnc(-c3ccco3)o2)c1)c1ccccc1[N+](=O)[O-]. The van der Waals surface area contributed by atoms with Crippen LogP contribution in [0.5, 0.6) is 0 Å². The van der Waals surface area contributed by atoms with Crippen molar-refractivity contribution in [3.05, 3.63) is 88.2 Å². The number of carbonyl (C=O) groups is 1. The lowest BCUT2D eigenvalue weighted by Gasteiger charge is -2.04. The molecule has 0 fully saturated rings. The Kier molecular flexibility index (Phi) is 4.51. The summed E-state index contributed by atoms with van der Waals surface area (Å²) in [4.78, 5) is 23.2. The van der Waals surface area contributed by atoms with Gasteiger partial charge >= 0.3 is 0 Å². The minimum atomic E-state index is -0.557. The first kappa shape index (κ1) is 17.3. The summed E-state index contributed by atoms with van der Waals surface area (Å²) in [7, 11) is 0. The van der Waals surface area contributed by atoms with Crippen molar-refractivity contribution in [3.63, 3.8) is 0 Å². The number of aromatic nitrogens is 2. The Bertz CT molecular complexity index is 1150. The van der Waals surface area contributed by atoms with Crippen LogP contribution in [0.2, 0.25) is 0 Å². The molecule has 0 spiro atoms. The smallest absolute Gasteiger partial charge is 0.283 e. The molecule has 0 saturated carbocycles. The van der Waals surface area contributed by atoms with Gasteiger partial charge in [-0.2, -0.15) is 0 Å². The maximum absolute atomic E-state index is 12.6. The number of hydrogen-bond donors (Lipinski definition) is 0. The summed E-state index contributed by atoms with van der Waals surface area (Å²) >= 11 is 0. The van der Waals surface area contributed by atoms with Crippen LogP contribution in [0.25, 0.3) is 23.1 Å². The van der Waals surface area contributed by atoms with Crippen LogP contribution in [0.3, 0.4) is 0 Å². The first-order valence-electron chi connectivity index (χ1n) is 8.35. The van der Waals surface area contributed by atoms with Crippen molar-refractivity contribution in [2.45, 2.75) is 6.42 Å². The number of nitro groups is 1. The fourth-order valence-corrected chi connectivity index (χ4v) is 2.80. The predicted molar refractivity (Wildman–Crippen MR) is 98.6 cm³/mol. The van der Waals surface area contributed by atoms with Crippen molar-refractivity contribution >= 4 is 11.5 Å². The van der Waals surface area contributed by atoms with Crippen molar-refractivity contribution in [3.8, 4) is 23.1 Å². The molecule has 0 radical (unpaired) electrons. The normalized spacial score (nSPS) is 10.7. The molecule has 0 N–H and O–H groups in total. The van der Waals surface area contributed by atoms with Crippen LogP contribution in [0.4, 0.5) is 5.69 Å². The number of Topliss-reactive ketones (excluding diaryl/α,β-unsaturated/α-hetero) is 1. The quantitative estimate of drug-likeness (QED) is 0.280. The van der Waals surface area contributed by atoms with Crippen LogP contribution < -0.4 is 0 Å². The second-order valence-electron chi connectivity index (χ2n) is 5.96. The van der Waals surface area contributed by atoms with E-state index in [1.165, 1.54) is 24.5 Å². The Labute approximate surface area is 158 Å². The molecule has 0 aliphatic carbocycles. The molecule has 2 heterocycles. The molecule has 0 amide bonds. The molecule has 0 bridgehead atoms. The maximum Gasteiger partial charge on any atom is 0.283 e. The van der Waals surface area contributed by atoms with Crippen LogP contribution in [0.15, 0.2) is 75.8 Å². The Hall–Kier alpha value is -4.07. The zero-order valence-electron chi connectivity index (χ0n) is 14.4. The molecule has 138 valence electrons. The minimum absolute atomic E-state index is 0.0118. The molecule has 0 unspecified atom stereocenters. The van der Waals surface area contributed by atoms with Gasteiger partial charge in [0, 0.05) is 18.1 Å². The number of para-hydroxylation sites is 1. The van der Waals surface area contributed by atoms with Gasteiger partial charge in [0.05, 0.1) is 16.7 Å². The van der Waals surface area contributed by atoms with Crippen LogP contribution >= 0.6 is 0 Å². The first-order valence-corrected chi connectivity index (χ1v) is 8.35. The molecule has 8 heteroatoms. The average Bonchev–Trinajstić information content (AvgIpc) is 3.40. The number of nitro benzene ring substituents is 1. The summed E-state index contributed by atoms with van der Waals surface area (Å²) in [6.45, 7) is 0. The lowest BCUT2D eigenvalue weighted by molar-refractivity contribution is -0.385. The van der Waals surface area contributed by atoms with Gasteiger partial charge in [-0.1, -0.05) is 24.3 Å². The van der Waals surface area contributed by atoms with E-state index in [-0.39, 0.29) is 35.2 Å². The fraction of sp³-hybridized carbons (Fsp3) is 0.0500. The maximum atomic E-state index is 12.6. The van der Waals surface area contributed by atoms with Gasteiger partial charge in [0.1, 0.15) is 0 Å². The van der Waals surface area contributed by atoms with E-state index in [2.05, 4.69) is 10.2 Å². The molecule has 0 aliphatic rings. The fourth-order valence-electron chi connectivity index (χ4n) is 2.80. The number of nitrogens with zero attached hydrogens (tertiary/aromatic N) is 3. The Morgan fingerprint density at radius 2 is 1.82 bits per heavy atom. The van der Waals surface area contributed by atoms with Gasteiger partial charge in [0.15, 0.2) is 11.5 Å². The average molecular weight is 375 g/mol. The molecular weight excluding hydrogens is 362 g/mol. The van der Waals surface area contributed by atoms with Gasteiger partial charge in [-0.15, -0.1) is 10.2 Å². The predicted octanol–water partition coefficient (Wildman–Crippen LogP) is 4.33. The second-order valence-corrected chi connectivity index (χ2v) is 5.96. The summed E-state index contributed by atoms with van der Waals surface area (Å²) in [6, 6.07) is 16.4. The zero-order chi connectivity index (χ0) is 19.5. The van der Waals surface area contributed by atoms with Gasteiger partial charge < -0.3 is 8.83 Å². The molecular formula is C20H13N3O5. The molecule has 2 aromatic heterocycles. The van der Waals surface area contributed by atoms with Gasteiger partial charge in [-0.3, -0.25) is 14.9 Å². The van der Waals surface area contributed by atoms with E-state index in [1.807, 2.05) is 0 Å². The number of benzene rings is 2. The highest BCUT2D eigenvalue weighted by Gasteiger charge is 2.20. The van der Waals surface area contributed by atoms with Crippen LogP contribution in [0, 0.1) is 10.1 Å². The van der Waals surface area contributed by atoms with E-state index in [1.54, 1.807) is 42.5 Å². The molecule has 28 heavy (non-hydrogen) atoms. The summed E-state index contributed by atoms with van der Waals surface area (Å²) in [5.41, 5.74) is 1.19. The Morgan fingerprint density at radius 1 is 1.00 bits per heavy atom. The summed E-state index contributed by atoms with van der Waals surface area (Å²) < 4.78 is 10.8. The van der Waals surface area contributed by atoms with E-state index in [0.29, 0.717) is 16.9 Å². The van der Waals surface area contributed by atoms with Crippen molar-refractivity contribution in [2.75, 3.05) is 0 Å². The summed E-state index contributed by atoms with van der Waals surface area (Å²) in [6.07, 6.45) is 1.52. The Morgan fingerprint density at radius 3 is 2.61 bits per heavy atom. The standard InChI is InChI=1S/C20H13N3O5/c24-17(15-7-1-2-8-16(15)23(25)26)12-13-5-3-6-14(11-13)19-21-22-20(28-19)18-9-4-10-27-18/h1-11H,12H2. The highest BCUT2D eigenvalue weighted by molar-refractivity contribution is 6.01. The molecule has 8 nitrogen and oxygen atoms in total. The summed E-state index contributed by atoms with van der Waals surface area (Å²) in [5.74, 6) is 0.653. The molecule has 4 aromatic rings. The van der Waals surface area contributed by atoms with Crippen LogP contribution in [-0.2, 0) is 6.42 Å². The lowest BCUT2D eigenvalue weighted by Crippen LogP contribution is -2.07. The molecule has 4 rings (SSSR count). The monoisotopic (exact) mass is 375 g/mol. The van der Waals surface area contributed by atoms with E-state index in [4.69, 9.17) is 8.83 Å². The van der Waals surface area contributed by atoms with Crippen molar-refractivity contribution < 1.29 is 18.6 Å². The van der Waals surface area contributed by atoms with E-state index >= 15 is 0 Å². The Balaban J connectivity index is 1.58.